The zero-order chi connectivity index (χ0) is 21.5. The molecule has 2 aromatic rings. The van der Waals surface area contributed by atoms with Crippen molar-refractivity contribution in [3.63, 3.8) is 0 Å². The third kappa shape index (κ3) is 4.93. The predicted octanol–water partition coefficient (Wildman–Crippen LogP) is 3.32. The van der Waals surface area contributed by atoms with Crippen LogP contribution < -0.4 is 24.3 Å². The molecule has 0 bridgehead atoms. The highest BCUT2D eigenvalue weighted by atomic mass is 32.2. The molecule has 156 valence electrons. The van der Waals surface area contributed by atoms with Gasteiger partial charge in [0.15, 0.2) is 28.2 Å². The fraction of sp³-hybridized carbons (Fsp3) is 0.190. The van der Waals surface area contributed by atoms with Gasteiger partial charge < -0.3 is 18.9 Å². The molecule has 0 radical (unpaired) electrons. The number of hydrogen-bond acceptors (Lipinski definition) is 8. The van der Waals surface area contributed by atoms with E-state index in [4.69, 9.17) is 18.9 Å². The number of thioether (sulfide) groups is 1. The van der Waals surface area contributed by atoms with Gasteiger partial charge in [-0.3, -0.25) is 10.1 Å². The van der Waals surface area contributed by atoms with Gasteiger partial charge >= 0.3 is 0 Å². The van der Waals surface area contributed by atoms with Crippen molar-refractivity contribution in [3.8, 4) is 23.0 Å². The summed E-state index contributed by atoms with van der Waals surface area (Å²) in [5, 5.41) is 11.2. The van der Waals surface area contributed by atoms with Crippen molar-refractivity contribution in [1.29, 1.82) is 0 Å². The molecule has 1 N–H and O–H groups in total. The topological polar surface area (TPSA) is 90.7 Å². The number of ether oxygens (including phenoxy) is 4. The van der Waals surface area contributed by atoms with Crippen LogP contribution in [0.2, 0.25) is 0 Å². The van der Waals surface area contributed by atoms with Gasteiger partial charge in [-0.1, -0.05) is 6.07 Å². The molecule has 8 nitrogen and oxygen atoms in total. The minimum Gasteiger partial charge on any atom is -0.493 e. The molecular weight excluding hydrogens is 406 g/mol. The lowest BCUT2D eigenvalue weighted by molar-refractivity contribution is -0.115. The van der Waals surface area contributed by atoms with E-state index in [1.54, 1.807) is 65.0 Å². The van der Waals surface area contributed by atoms with Gasteiger partial charge in [-0.25, -0.2) is 0 Å². The van der Waals surface area contributed by atoms with Gasteiger partial charge in [0.05, 0.1) is 39.6 Å². The van der Waals surface area contributed by atoms with E-state index in [0.29, 0.717) is 33.1 Å². The molecule has 2 aromatic carbocycles. The standard InChI is InChI=1S/C21H21N3O5S/c1-26-15-7-5-13(9-17(15)28-3)11-19-20(25)23-21(30-19)24-22-12-14-6-8-16(27-2)18(10-14)29-4/h5-12H,1-4H3,(H,23,24,25)/b19-11+,22-12-. The SMILES string of the molecule is COc1ccc(/C=N\N=C2/NC(=O)/C(=C\c3ccc(OC)c(OC)c3)S2)cc1OC. The Labute approximate surface area is 178 Å². The fourth-order valence-electron chi connectivity index (χ4n) is 2.65. The van der Waals surface area contributed by atoms with Gasteiger partial charge in [-0.05, 0) is 59.3 Å². The van der Waals surface area contributed by atoms with Crippen LogP contribution in [0.1, 0.15) is 11.1 Å². The highest BCUT2D eigenvalue weighted by Crippen LogP contribution is 2.31. The Morgan fingerprint density at radius 3 is 2.00 bits per heavy atom. The number of rotatable bonds is 7. The third-order valence-corrected chi connectivity index (χ3v) is 5.02. The number of amides is 1. The molecule has 1 fully saturated rings. The smallest absolute Gasteiger partial charge is 0.264 e. The fourth-order valence-corrected chi connectivity index (χ4v) is 3.43. The molecule has 0 atom stereocenters. The second kappa shape index (κ2) is 9.84. The number of methoxy groups -OCH3 is 4. The summed E-state index contributed by atoms with van der Waals surface area (Å²) in [5.74, 6) is 2.19. The van der Waals surface area contributed by atoms with Crippen molar-refractivity contribution < 1.29 is 23.7 Å². The molecule has 3 rings (SSSR count). The van der Waals surface area contributed by atoms with E-state index < -0.39 is 0 Å². The maximum Gasteiger partial charge on any atom is 0.264 e. The van der Waals surface area contributed by atoms with Gasteiger partial charge in [0.25, 0.3) is 5.91 Å². The van der Waals surface area contributed by atoms with Crippen molar-refractivity contribution >= 4 is 35.1 Å². The Balaban J connectivity index is 1.73. The van der Waals surface area contributed by atoms with Crippen LogP contribution in [0.5, 0.6) is 23.0 Å². The molecule has 1 saturated heterocycles. The van der Waals surface area contributed by atoms with E-state index in [1.807, 2.05) is 12.1 Å². The van der Waals surface area contributed by atoms with Gasteiger partial charge in [0, 0.05) is 0 Å². The van der Waals surface area contributed by atoms with Crippen molar-refractivity contribution in [2.45, 2.75) is 0 Å². The minimum absolute atomic E-state index is 0.241. The Hall–Kier alpha value is -3.46. The Morgan fingerprint density at radius 1 is 0.833 bits per heavy atom. The van der Waals surface area contributed by atoms with Gasteiger partial charge in [0.2, 0.25) is 0 Å². The summed E-state index contributed by atoms with van der Waals surface area (Å²) in [6.07, 6.45) is 3.32. The average molecular weight is 427 g/mol. The number of carbonyl (C=O) groups excluding carboxylic acids is 1. The number of nitrogens with zero attached hydrogens (tertiary/aromatic N) is 2. The average Bonchev–Trinajstić information content (AvgIpc) is 3.12. The molecular formula is C21H21N3O5S. The minimum atomic E-state index is -0.241. The van der Waals surface area contributed by atoms with Gasteiger partial charge in [-0.15, -0.1) is 5.10 Å². The molecule has 1 aliphatic rings. The van der Waals surface area contributed by atoms with Gasteiger partial charge in [-0.2, -0.15) is 5.10 Å². The van der Waals surface area contributed by atoms with Crippen molar-refractivity contribution in [2.75, 3.05) is 28.4 Å². The van der Waals surface area contributed by atoms with E-state index in [9.17, 15) is 4.79 Å². The lowest BCUT2D eigenvalue weighted by Crippen LogP contribution is -2.19. The summed E-state index contributed by atoms with van der Waals surface area (Å²) in [6, 6.07) is 10.8. The quantitative estimate of drug-likeness (QED) is 0.414. The molecule has 9 heteroatoms. The lowest BCUT2D eigenvalue weighted by Gasteiger charge is -2.07. The number of nitrogens with one attached hydrogen (secondary N) is 1. The van der Waals surface area contributed by atoms with Crippen LogP contribution in [-0.2, 0) is 4.79 Å². The van der Waals surface area contributed by atoms with Crippen LogP contribution >= 0.6 is 11.8 Å². The summed E-state index contributed by atoms with van der Waals surface area (Å²) in [7, 11) is 6.27. The third-order valence-electron chi connectivity index (χ3n) is 4.12. The van der Waals surface area contributed by atoms with E-state index in [2.05, 4.69) is 15.5 Å². The van der Waals surface area contributed by atoms with Crippen LogP contribution in [0.25, 0.3) is 6.08 Å². The Bertz CT molecular complexity index is 1030. The first kappa shape index (κ1) is 21.3. The molecule has 1 aliphatic heterocycles. The first-order valence-corrected chi connectivity index (χ1v) is 9.65. The van der Waals surface area contributed by atoms with Crippen molar-refractivity contribution in [2.24, 2.45) is 10.2 Å². The summed E-state index contributed by atoms with van der Waals surface area (Å²) in [4.78, 5) is 12.7. The zero-order valence-electron chi connectivity index (χ0n) is 17.0. The monoisotopic (exact) mass is 427 g/mol. The van der Waals surface area contributed by atoms with E-state index in [0.717, 1.165) is 11.1 Å². The van der Waals surface area contributed by atoms with E-state index in [-0.39, 0.29) is 5.91 Å². The molecule has 0 aliphatic carbocycles. The molecule has 0 aromatic heterocycles. The number of amidine groups is 1. The van der Waals surface area contributed by atoms with E-state index in [1.165, 1.54) is 11.8 Å². The summed E-state index contributed by atoms with van der Waals surface area (Å²) in [6.45, 7) is 0. The molecule has 30 heavy (non-hydrogen) atoms. The first-order chi connectivity index (χ1) is 14.6. The predicted molar refractivity (Wildman–Crippen MR) is 118 cm³/mol. The highest BCUT2D eigenvalue weighted by Gasteiger charge is 2.24. The highest BCUT2D eigenvalue weighted by molar-refractivity contribution is 8.18. The van der Waals surface area contributed by atoms with Crippen molar-refractivity contribution in [1.82, 2.24) is 5.32 Å². The van der Waals surface area contributed by atoms with Crippen molar-refractivity contribution in [3.05, 3.63) is 52.4 Å². The largest absolute Gasteiger partial charge is 0.493 e. The summed E-state index contributed by atoms with van der Waals surface area (Å²) >= 11 is 1.21. The maximum atomic E-state index is 12.2. The number of hydrogen-bond donors (Lipinski definition) is 1. The van der Waals surface area contributed by atoms with Crippen LogP contribution in [0, 0.1) is 0 Å². The number of benzene rings is 2. The molecule has 0 saturated carbocycles. The molecule has 1 amide bonds. The number of carbonyl (C=O) groups is 1. The Morgan fingerprint density at radius 2 is 1.40 bits per heavy atom. The lowest BCUT2D eigenvalue weighted by atomic mass is 10.2. The molecule has 0 spiro atoms. The molecule has 0 unspecified atom stereocenters. The van der Waals surface area contributed by atoms with Crippen LogP contribution in [0.15, 0.2) is 51.5 Å². The normalized spacial score (nSPS) is 16.2. The first-order valence-electron chi connectivity index (χ1n) is 8.84. The summed E-state index contributed by atoms with van der Waals surface area (Å²) < 4.78 is 21.0. The van der Waals surface area contributed by atoms with Crippen LogP contribution in [0.3, 0.4) is 0 Å². The van der Waals surface area contributed by atoms with Crippen LogP contribution in [0.4, 0.5) is 0 Å². The van der Waals surface area contributed by atoms with Crippen LogP contribution in [-0.4, -0.2) is 45.7 Å². The second-order valence-corrected chi connectivity index (χ2v) is 6.97. The molecule has 1 heterocycles. The Kier molecular flexibility index (Phi) is 6.97. The summed E-state index contributed by atoms with van der Waals surface area (Å²) in [5.41, 5.74) is 1.59. The maximum absolute atomic E-state index is 12.2. The zero-order valence-corrected chi connectivity index (χ0v) is 17.8. The van der Waals surface area contributed by atoms with Gasteiger partial charge in [0.1, 0.15) is 0 Å². The second-order valence-electron chi connectivity index (χ2n) is 5.94. The van der Waals surface area contributed by atoms with E-state index >= 15 is 0 Å².